The molecule has 124 valence electrons. The molecular weight excluding hydrogens is 318 g/mol. The molecule has 0 saturated carbocycles. The first-order valence-corrected chi connectivity index (χ1v) is 7.70. The lowest BCUT2D eigenvalue weighted by molar-refractivity contribution is 0.0955. The predicted molar refractivity (Wildman–Crippen MR) is 93.2 cm³/mol. The molecule has 0 unspecified atom stereocenters. The molecule has 2 amide bonds. The number of nitrogens with one attached hydrogen (secondary N) is 3. The van der Waals surface area contributed by atoms with Crippen molar-refractivity contribution < 1.29 is 9.59 Å². The van der Waals surface area contributed by atoms with E-state index in [2.05, 4.69) is 20.6 Å². The number of nitrogens with zero attached hydrogens (tertiary/aromatic N) is 2. The van der Waals surface area contributed by atoms with Crippen molar-refractivity contribution in [2.24, 2.45) is 0 Å². The lowest BCUT2D eigenvalue weighted by atomic mass is 10.1. The summed E-state index contributed by atoms with van der Waals surface area (Å²) in [6.45, 7) is 2.33. The molecule has 0 atom stereocenters. The minimum Gasteiger partial charge on any atom is -0.356 e. The molecule has 0 fully saturated rings. The molecule has 7 nitrogen and oxygen atoms in total. The topological polar surface area (TPSA) is 111 Å². The predicted octanol–water partition coefficient (Wildman–Crippen LogP) is 2.44. The number of hydrogen-bond acceptors (Lipinski definition) is 4. The molecule has 2 heterocycles. The zero-order valence-electron chi connectivity index (χ0n) is 13.5. The molecule has 0 saturated heterocycles. The number of para-hydroxylation sites is 1. The number of hydrogen-bond donors (Lipinski definition) is 3. The molecule has 0 bridgehead atoms. The standard InChI is InChI=1S/C18H15N5O2/c1-2-20-17(24)13-8-16(22-14-6-4-3-5-12(13)14)23-18(25)15-7-11(9-19)10-21-15/h3-8,10,21H,2H2,1H3,(H,20,24)(H,22,23,25). The molecule has 0 radical (unpaired) electrons. The smallest absolute Gasteiger partial charge is 0.273 e. The molecule has 7 heteroatoms. The van der Waals surface area contributed by atoms with Gasteiger partial charge in [0.05, 0.1) is 16.6 Å². The third-order valence-electron chi connectivity index (χ3n) is 3.60. The lowest BCUT2D eigenvalue weighted by Crippen LogP contribution is -2.23. The molecule has 0 aliphatic rings. The average Bonchev–Trinajstić information content (AvgIpc) is 3.10. The molecule has 2 aromatic heterocycles. The van der Waals surface area contributed by atoms with Crippen LogP contribution in [0.5, 0.6) is 0 Å². The first-order chi connectivity index (χ1) is 12.1. The molecule has 3 rings (SSSR count). The summed E-state index contributed by atoms with van der Waals surface area (Å²) in [5, 5.41) is 14.9. The monoisotopic (exact) mass is 333 g/mol. The van der Waals surface area contributed by atoms with Crippen molar-refractivity contribution in [2.75, 3.05) is 11.9 Å². The minimum absolute atomic E-state index is 0.233. The van der Waals surface area contributed by atoms with Gasteiger partial charge in [-0.15, -0.1) is 0 Å². The Bertz CT molecular complexity index is 1000. The number of pyridine rings is 1. The van der Waals surface area contributed by atoms with Crippen LogP contribution in [0.2, 0.25) is 0 Å². The second-order valence-corrected chi connectivity index (χ2v) is 5.30. The van der Waals surface area contributed by atoms with Crippen LogP contribution in [-0.2, 0) is 0 Å². The van der Waals surface area contributed by atoms with Gasteiger partial charge in [0, 0.05) is 18.1 Å². The van der Waals surface area contributed by atoms with E-state index < -0.39 is 5.91 Å². The number of amides is 2. The van der Waals surface area contributed by atoms with Crippen LogP contribution in [0.25, 0.3) is 10.9 Å². The van der Waals surface area contributed by atoms with E-state index in [1.165, 1.54) is 12.3 Å². The fraction of sp³-hybridized carbons (Fsp3) is 0.111. The van der Waals surface area contributed by atoms with Crippen LogP contribution in [0.15, 0.2) is 42.6 Å². The van der Waals surface area contributed by atoms with E-state index >= 15 is 0 Å². The Kier molecular flexibility index (Phi) is 4.44. The Morgan fingerprint density at radius 2 is 2.04 bits per heavy atom. The maximum Gasteiger partial charge on any atom is 0.273 e. The van der Waals surface area contributed by atoms with Crippen LogP contribution < -0.4 is 10.6 Å². The summed E-state index contributed by atoms with van der Waals surface area (Å²) in [5.74, 6) is -0.410. The summed E-state index contributed by atoms with van der Waals surface area (Å²) in [4.78, 5) is 31.7. The van der Waals surface area contributed by atoms with Gasteiger partial charge in [-0.1, -0.05) is 18.2 Å². The second-order valence-electron chi connectivity index (χ2n) is 5.30. The van der Waals surface area contributed by atoms with Crippen molar-refractivity contribution in [3.8, 4) is 6.07 Å². The summed E-state index contributed by atoms with van der Waals surface area (Å²) < 4.78 is 0. The van der Waals surface area contributed by atoms with Gasteiger partial charge in [-0.25, -0.2) is 4.98 Å². The third-order valence-corrected chi connectivity index (χ3v) is 3.60. The van der Waals surface area contributed by atoms with Gasteiger partial charge in [0.25, 0.3) is 11.8 Å². The Morgan fingerprint density at radius 1 is 1.24 bits per heavy atom. The van der Waals surface area contributed by atoms with Gasteiger partial charge in [-0.3, -0.25) is 9.59 Å². The van der Waals surface area contributed by atoms with Crippen LogP contribution in [0, 0.1) is 11.3 Å². The number of nitriles is 1. The van der Waals surface area contributed by atoms with Crippen molar-refractivity contribution in [3.05, 3.63) is 59.4 Å². The van der Waals surface area contributed by atoms with E-state index in [1.807, 2.05) is 31.2 Å². The third kappa shape index (κ3) is 3.33. The number of rotatable bonds is 4. The number of fused-ring (bicyclic) bond motifs is 1. The maximum absolute atomic E-state index is 12.3. The molecule has 1 aromatic carbocycles. The Labute approximate surface area is 143 Å². The van der Waals surface area contributed by atoms with Crippen molar-refractivity contribution in [2.45, 2.75) is 6.92 Å². The van der Waals surface area contributed by atoms with E-state index in [-0.39, 0.29) is 17.4 Å². The van der Waals surface area contributed by atoms with Gasteiger partial charge in [0.2, 0.25) is 0 Å². The van der Waals surface area contributed by atoms with E-state index in [1.54, 1.807) is 12.1 Å². The van der Waals surface area contributed by atoms with Crippen molar-refractivity contribution >= 4 is 28.5 Å². The number of carbonyl (C=O) groups excluding carboxylic acids is 2. The maximum atomic E-state index is 12.3. The van der Waals surface area contributed by atoms with Crippen molar-refractivity contribution in [1.82, 2.24) is 15.3 Å². The highest BCUT2D eigenvalue weighted by Crippen LogP contribution is 2.21. The summed E-state index contributed by atoms with van der Waals surface area (Å²) in [5.41, 5.74) is 1.64. The Morgan fingerprint density at radius 3 is 2.76 bits per heavy atom. The van der Waals surface area contributed by atoms with E-state index in [4.69, 9.17) is 5.26 Å². The Balaban J connectivity index is 1.97. The zero-order chi connectivity index (χ0) is 17.8. The summed E-state index contributed by atoms with van der Waals surface area (Å²) in [6.07, 6.45) is 1.45. The number of H-pyrrole nitrogens is 1. The molecule has 0 spiro atoms. The lowest BCUT2D eigenvalue weighted by Gasteiger charge is -2.10. The number of aromatic nitrogens is 2. The average molecular weight is 333 g/mol. The summed E-state index contributed by atoms with van der Waals surface area (Å²) in [7, 11) is 0. The molecule has 0 aliphatic heterocycles. The fourth-order valence-electron chi connectivity index (χ4n) is 2.46. The van der Waals surface area contributed by atoms with Gasteiger partial charge in [0.15, 0.2) is 0 Å². The summed E-state index contributed by atoms with van der Waals surface area (Å²) in [6, 6.07) is 12.2. The van der Waals surface area contributed by atoms with Gasteiger partial charge in [-0.05, 0) is 25.1 Å². The SMILES string of the molecule is CCNC(=O)c1cc(NC(=O)c2cc(C#N)c[nH]2)nc2ccccc12. The van der Waals surface area contributed by atoms with Crippen LogP contribution in [-0.4, -0.2) is 28.3 Å². The van der Waals surface area contributed by atoms with Crippen molar-refractivity contribution in [1.29, 1.82) is 5.26 Å². The summed E-state index contributed by atoms with van der Waals surface area (Å²) >= 11 is 0. The van der Waals surface area contributed by atoms with Crippen LogP contribution in [0.4, 0.5) is 5.82 Å². The normalized spacial score (nSPS) is 10.2. The minimum atomic E-state index is -0.439. The molecular formula is C18H15N5O2. The van der Waals surface area contributed by atoms with Crippen molar-refractivity contribution in [3.63, 3.8) is 0 Å². The number of anilines is 1. The largest absolute Gasteiger partial charge is 0.356 e. The second kappa shape index (κ2) is 6.84. The number of benzene rings is 1. The first kappa shape index (κ1) is 16.2. The Hall–Kier alpha value is -3.66. The van der Waals surface area contributed by atoms with Gasteiger partial charge >= 0.3 is 0 Å². The van der Waals surface area contributed by atoms with E-state index in [0.717, 1.165) is 0 Å². The highest BCUT2D eigenvalue weighted by molar-refractivity contribution is 6.09. The van der Waals surface area contributed by atoms with Gasteiger partial charge in [0.1, 0.15) is 17.6 Å². The van der Waals surface area contributed by atoms with E-state index in [0.29, 0.717) is 28.6 Å². The van der Waals surface area contributed by atoms with Gasteiger partial charge in [-0.2, -0.15) is 5.26 Å². The van der Waals surface area contributed by atoms with Crippen LogP contribution >= 0.6 is 0 Å². The molecule has 3 N–H and O–H groups in total. The highest BCUT2D eigenvalue weighted by Gasteiger charge is 2.15. The number of carbonyl (C=O) groups is 2. The fourth-order valence-corrected chi connectivity index (χ4v) is 2.46. The molecule has 25 heavy (non-hydrogen) atoms. The zero-order valence-corrected chi connectivity index (χ0v) is 13.5. The van der Waals surface area contributed by atoms with E-state index in [9.17, 15) is 9.59 Å². The first-order valence-electron chi connectivity index (χ1n) is 7.70. The van der Waals surface area contributed by atoms with Crippen LogP contribution in [0.3, 0.4) is 0 Å². The molecule has 0 aliphatic carbocycles. The highest BCUT2D eigenvalue weighted by atomic mass is 16.2. The van der Waals surface area contributed by atoms with Crippen LogP contribution in [0.1, 0.15) is 33.3 Å². The van der Waals surface area contributed by atoms with Gasteiger partial charge < -0.3 is 15.6 Å². The quantitative estimate of drug-likeness (QED) is 0.681. The molecule has 3 aromatic rings. The number of aromatic amines is 1.